The van der Waals surface area contributed by atoms with E-state index < -0.39 is 17.8 Å². The molecule has 0 aromatic heterocycles. The number of carbonyl (C=O) groups excluding carboxylic acids is 1. The van der Waals surface area contributed by atoms with Gasteiger partial charge in [0.05, 0.1) is 11.8 Å². The molecule has 0 bridgehead atoms. The van der Waals surface area contributed by atoms with Crippen LogP contribution in [0.15, 0.2) is 0 Å². The summed E-state index contributed by atoms with van der Waals surface area (Å²) in [7, 11) is 0. The van der Waals surface area contributed by atoms with Crippen LogP contribution in [0.1, 0.15) is 104 Å². The van der Waals surface area contributed by atoms with Gasteiger partial charge >= 0.3 is 11.9 Å². The second-order valence-corrected chi connectivity index (χ2v) is 8.43. The van der Waals surface area contributed by atoms with Gasteiger partial charge in [0, 0.05) is 0 Å². The molecule has 4 heteroatoms. The molecule has 3 unspecified atom stereocenters. The second kappa shape index (κ2) is 13.2. The summed E-state index contributed by atoms with van der Waals surface area (Å²) < 4.78 is 5.82. The molecule has 0 aliphatic heterocycles. The number of aliphatic carboxylic acids is 1. The zero-order valence-corrected chi connectivity index (χ0v) is 17.2. The van der Waals surface area contributed by atoms with E-state index in [1.165, 1.54) is 38.5 Å². The summed E-state index contributed by atoms with van der Waals surface area (Å²) in [6.45, 7) is 6.52. The summed E-state index contributed by atoms with van der Waals surface area (Å²) in [5.41, 5.74) is 0. The van der Waals surface area contributed by atoms with E-state index in [4.69, 9.17) is 4.74 Å². The van der Waals surface area contributed by atoms with Crippen molar-refractivity contribution in [3.63, 3.8) is 0 Å². The number of hydrogen-bond acceptors (Lipinski definition) is 3. The van der Waals surface area contributed by atoms with E-state index in [1.807, 2.05) is 0 Å². The fourth-order valence-electron chi connectivity index (χ4n) is 4.04. The Morgan fingerprint density at radius 3 is 2.12 bits per heavy atom. The van der Waals surface area contributed by atoms with Crippen LogP contribution in [0.2, 0.25) is 0 Å². The van der Waals surface area contributed by atoms with Gasteiger partial charge in [0.15, 0.2) is 0 Å². The minimum absolute atomic E-state index is 0.0606. The van der Waals surface area contributed by atoms with Crippen LogP contribution in [0.4, 0.5) is 0 Å². The van der Waals surface area contributed by atoms with E-state index in [0.717, 1.165) is 32.1 Å². The van der Waals surface area contributed by atoms with Gasteiger partial charge in [0.2, 0.25) is 0 Å². The summed E-state index contributed by atoms with van der Waals surface area (Å²) in [5.74, 6) is -1.66. The average Bonchev–Trinajstić information content (AvgIpc) is 2.60. The molecule has 0 heterocycles. The largest absolute Gasteiger partial charge is 0.481 e. The van der Waals surface area contributed by atoms with E-state index in [-0.39, 0.29) is 12.1 Å². The molecular formula is C22H40O4. The van der Waals surface area contributed by atoms with E-state index in [0.29, 0.717) is 18.8 Å². The van der Waals surface area contributed by atoms with E-state index in [2.05, 4.69) is 20.8 Å². The van der Waals surface area contributed by atoms with Crippen LogP contribution >= 0.6 is 0 Å². The normalized spacial score (nSPS) is 21.5. The first-order valence-electron chi connectivity index (χ1n) is 10.9. The lowest BCUT2D eigenvalue weighted by atomic mass is 9.79. The van der Waals surface area contributed by atoms with Crippen LogP contribution in [-0.4, -0.2) is 23.1 Å². The third-order valence-electron chi connectivity index (χ3n) is 5.53. The Labute approximate surface area is 160 Å². The molecule has 1 aliphatic rings. The van der Waals surface area contributed by atoms with Crippen molar-refractivity contribution in [2.24, 2.45) is 17.8 Å². The van der Waals surface area contributed by atoms with Crippen LogP contribution in [0, 0.1) is 17.8 Å². The van der Waals surface area contributed by atoms with E-state index in [9.17, 15) is 14.7 Å². The van der Waals surface area contributed by atoms with Gasteiger partial charge in [-0.15, -0.1) is 0 Å². The van der Waals surface area contributed by atoms with Gasteiger partial charge in [-0.05, 0) is 38.0 Å². The second-order valence-electron chi connectivity index (χ2n) is 8.43. The predicted octanol–water partition coefficient (Wildman–Crippen LogP) is 5.98. The zero-order valence-electron chi connectivity index (χ0n) is 17.2. The van der Waals surface area contributed by atoms with Crippen LogP contribution in [-0.2, 0) is 14.3 Å². The van der Waals surface area contributed by atoms with Crippen molar-refractivity contribution < 1.29 is 19.4 Å². The van der Waals surface area contributed by atoms with Gasteiger partial charge in [-0.25, -0.2) is 0 Å². The van der Waals surface area contributed by atoms with Crippen molar-refractivity contribution in [1.29, 1.82) is 0 Å². The predicted molar refractivity (Wildman–Crippen MR) is 105 cm³/mol. The van der Waals surface area contributed by atoms with Gasteiger partial charge < -0.3 is 9.84 Å². The third-order valence-corrected chi connectivity index (χ3v) is 5.53. The fourth-order valence-corrected chi connectivity index (χ4v) is 4.04. The minimum atomic E-state index is -0.848. The Morgan fingerprint density at radius 2 is 1.54 bits per heavy atom. The maximum atomic E-state index is 12.6. The Kier molecular flexibility index (Phi) is 11.6. The van der Waals surface area contributed by atoms with Crippen LogP contribution in [0.3, 0.4) is 0 Å². The molecule has 26 heavy (non-hydrogen) atoms. The highest BCUT2D eigenvalue weighted by Gasteiger charge is 2.37. The molecule has 0 aromatic carbocycles. The molecule has 152 valence electrons. The summed E-state index contributed by atoms with van der Waals surface area (Å²) in [4.78, 5) is 24.1. The van der Waals surface area contributed by atoms with Gasteiger partial charge in [-0.1, -0.05) is 72.1 Å². The molecule has 1 N–H and O–H groups in total. The number of esters is 1. The first-order chi connectivity index (χ1) is 12.5. The molecule has 1 saturated carbocycles. The number of unbranched alkanes of at least 4 members (excludes halogenated alkanes) is 6. The SMILES string of the molecule is CCCCCCCCCC(CC(C)C)OC(=O)C1CCCCC1C(=O)O. The van der Waals surface area contributed by atoms with Gasteiger partial charge in [-0.2, -0.15) is 0 Å². The van der Waals surface area contributed by atoms with Gasteiger partial charge in [0.25, 0.3) is 0 Å². The molecule has 0 radical (unpaired) electrons. The topological polar surface area (TPSA) is 63.6 Å². The Balaban J connectivity index is 2.44. The van der Waals surface area contributed by atoms with Crippen LogP contribution in [0.25, 0.3) is 0 Å². The van der Waals surface area contributed by atoms with E-state index in [1.54, 1.807) is 0 Å². The first-order valence-corrected chi connectivity index (χ1v) is 10.9. The molecule has 3 atom stereocenters. The Morgan fingerprint density at radius 1 is 0.962 bits per heavy atom. The molecule has 0 amide bonds. The smallest absolute Gasteiger partial charge is 0.310 e. The molecule has 0 aromatic rings. The maximum Gasteiger partial charge on any atom is 0.310 e. The first kappa shape index (κ1) is 23.0. The number of carboxylic acid groups (broad SMARTS) is 1. The number of carbonyl (C=O) groups is 2. The molecular weight excluding hydrogens is 328 g/mol. The van der Waals surface area contributed by atoms with Gasteiger partial charge in [-0.3, -0.25) is 9.59 Å². The highest BCUT2D eigenvalue weighted by molar-refractivity contribution is 5.81. The Hall–Kier alpha value is -1.06. The van der Waals surface area contributed by atoms with Crippen molar-refractivity contribution in [1.82, 2.24) is 0 Å². The zero-order chi connectivity index (χ0) is 19.4. The monoisotopic (exact) mass is 368 g/mol. The van der Waals surface area contributed by atoms with Crippen molar-refractivity contribution in [2.45, 2.75) is 110 Å². The highest BCUT2D eigenvalue weighted by atomic mass is 16.5. The molecule has 0 saturated heterocycles. The summed E-state index contributed by atoms with van der Waals surface area (Å²) in [6.07, 6.45) is 13.5. The molecule has 1 fully saturated rings. The van der Waals surface area contributed by atoms with Crippen molar-refractivity contribution in [2.75, 3.05) is 0 Å². The average molecular weight is 369 g/mol. The lowest BCUT2D eigenvalue weighted by molar-refractivity contribution is -0.164. The van der Waals surface area contributed by atoms with Crippen LogP contribution < -0.4 is 0 Å². The van der Waals surface area contributed by atoms with Crippen molar-refractivity contribution >= 4 is 11.9 Å². The van der Waals surface area contributed by atoms with Crippen LogP contribution in [0.5, 0.6) is 0 Å². The Bertz CT molecular complexity index is 405. The summed E-state index contributed by atoms with van der Waals surface area (Å²) in [6, 6.07) is 0. The molecule has 1 aliphatic carbocycles. The maximum absolute atomic E-state index is 12.6. The van der Waals surface area contributed by atoms with E-state index >= 15 is 0 Å². The summed E-state index contributed by atoms with van der Waals surface area (Å²) in [5, 5.41) is 9.39. The van der Waals surface area contributed by atoms with Crippen molar-refractivity contribution in [3.05, 3.63) is 0 Å². The number of carboxylic acids is 1. The number of ether oxygens (including phenoxy) is 1. The quantitative estimate of drug-likeness (QED) is 0.321. The minimum Gasteiger partial charge on any atom is -0.481 e. The summed E-state index contributed by atoms with van der Waals surface area (Å²) >= 11 is 0. The number of hydrogen-bond donors (Lipinski definition) is 1. The van der Waals surface area contributed by atoms with Gasteiger partial charge in [0.1, 0.15) is 6.10 Å². The molecule has 4 nitrogen and oxygen atoms in total. The number of rotatable bonds is 13. The molecule has 0 spiro atoms. The fraction of sp³-hybridized carbons (Fsp3) is 0.909. The highest BCUT2D eigenvalue weighted by Crippen LogP contribution is 2.32. The lowest BCUT2D eigenvalue weighted by Crippen LogP contribution is -2.35. The molecule has 1 rings (SSSR count). The van der Waals surface area contributed by atoms with Crippen molar-refractivity contribution in [3.8, 4) is 0 Å². The lowest BCUT2D eigenvalue weighted by Gasteiger charge is -2.29. The third kappa shape index (κ3) is 9.05. The standard InChI is InChI=1S/C22H40O4/c1-4-5-6-7-8-9-10-13-18(16-17(2)3)26-22(25)20-15-12-11-14-19(20)21(23)24/h17-20H,4-16H2,1-3H3,(H,23,24).